The van der Waals surface area contributed by atoms with Crippen molar-refractivity contribution >= 4 is 55.6 Å². The van der Waals surface area contributed by atoms with Gasteiger partial charge in [0.05, 0.1) is 22.8 Å². The second kappa shape index (κ2) is 12.8. The van der Waals surface area contributed by atoms with E-state index in [2.05, 4.69) is 30.9 Å². The van der Waals surface area contributed by atoms with Crippen LogP contribution in [0.2, 0.25) is 0 Å². The smallest absolute Gasteiger partial charge is 0.282 e. The van der Waals surface area contributed by atoms with E-state index in [4.69, 9.17) is 14.1 Å². The zero-order chi connectivity index (χ0) is 33.4. The summed E-state index contributed by atoms with van der Waals surface area (Å²) in [5, 5.41) is 8.45. The summed E-state index contributed by atoms with van der Waals surface area (Å²) in [6.07, 6.45) is 1.64. The predicted octanol–water partition coefficient (Wildman–Crippen LogP) is 8.02. The third-order valence-corrected chi connectivity index (χ3v) is 8.34. The largest absolute Gasteiger partial charge is 0.484 e. The van der Waals surface area contributed by atoms with Crippen LogP contribution in [0.25, 0.3) is 39.1 Å². The van der Waals surface area contributed by atoms with Crippen LogP contribution in [0.1, 0.15) is 17.0 Å². The van der Waals surface area contributed by atoms with Crippen LogP contribution in [0.15, 0.2) is 122 Å². The fraction of sp³-hybridized carbons (Fsp3) is 0.0811. The Morgan fingerprint density at radius 1 is 1.00 bits per heavy atom. The van der Waals surface area contributed by atoms with E-state index >= 15 is 0 Å². The molecule has 1 amide bonds. The van der Waals surface area contributed by atoms with Crippen LogP contribution in [0.5, 0.6) is 5.75 Å². The Morgan fingerprint density at radius 3 is 2.58 bits per heavy atom. The Kier molecular flexibility index (Phi) is 8.20. The summed E-state index contributed by atoms with van der Waals surface area (Å²) < 4.78 is 29.8. The van der Waals surface area contributed by atoms with Crippen molar-refractivity contribution in [3.8, 4) is 23.0 Å². The van der Waals surface area contributed by atoms with Crippen LogP contribution in [0, 0.1) is 19.7 Å². The molecule has 7 aromatic rings. The second-order valence-corrected chi connectivity index (χ2v) is 12.0. The van der Waals surface area contributed by atoms with Gasteiger partial charge in [-0.2, -0.15) is 9.78 Å². The van der Waals surface area contributed by atoms with Gasteiger partial charge in [-0.25, -0.2) is 9.37 Å². The molecule has 0 radical (unpaired) electrons. The van der Waals surface area contributed by atoms with E-state index in [1.54, 1.807) is 48.7 Å². The summed E-state index contributed by atoms with van der Waals surface area (Å²) in [6.45, 7) is 3.67. The Bertz CT molecular complexity index is 2430. The first-order valence-electron chi connectivity index (χ1n) is 15.0. The first-order valence-corrected chi connectivity index (χ1v) is 15.8. The molecule has 0 saturated carbocycles. The normalized spacial score (nSPS) is 11.5. The number of aromatic nitrogens is 3. The lowest BCUT2D eigenvalue weighted by molar-refractivity contribution is -0.118. The Labute approximate surface area is 282 Å². The highest BCUT2D eigenvalue weighted by Gasteiger charge is 2.17. The van der Waals surface area contributed by atoms with Crippen molar-refractivity contribution in [1.29, 1.82) is 0 Å². The SMILES string of the molecule is Cc1cc(C=Nn2c(-c3cc4cc(Br)ccc4o3)nc3ccccc3c2=O)c(C)n1-c1ccc(OCC(=O)Nc2ccccc2F)cc1. The van der Waals surface area contributed by atoms with Crippen molar-refractivity contribution in [2.75, 3.05) is 11.9 Å². The Balaban J connectivity index is 1.15. The average molecular weight is 705 g/mol. The topological polar surface area (TPSA) is 104 Å². The summed E-state index contributed by atoms with van der Waals surface area (Å²) in [5.41, 5.74) is 4.49. The molecule has 9 nitrogen and oxygen atoms in total. The molecule has 4 aromatic carbocycles. The number of nitrogens with zero attached hydrogens (tertiary/aromatic N) is 4. The van der Waals surface area contributed by atoms with Gasteiger partial charge in [-0.1, -0.05) is 40.2 Å². The van der Waals surface area contributed by atoms with E-state index in [1.165, 1.54) is 16.8 Å². The molecule has 0 bridgehead atoms. The van der Waals surface area contributed by atoms with E-state index in [1.807, 2.05) is 62.4 Å². The van der Waals surface area contributed by atoms with Gasteiger partial charge in [0.25, 0.3) is 11.5 Å². The number of ether oxygens (including phenoxy) is 1. The molecule has 0 spiro atoms. The molecule has 0 saturated heterocycles. The van der Waals surface area contributed by atoms with Crippen LogP contribution in [0.3, 0.4) is 0 Å². The van der Waals surface area contributed by atoms with Crippen molar-refractivity contribution in [3.05, 3.63) is 141 Å². The van der Waals surface area contributed by atoms with Gasteiger partial charge in [0.1, 0.15) is 17.1 Å². The number of fused-ring (bicyclic) bond motifs is 2. The minimum Gasteiger partial charge on any atom is -0.484 e. The van der Waals surface area contributed by atoms with Gasteiger partial charge in [0.15, 0.2) is 12.4 Å². The molecule has 0 aliphatic rings. The summed E-state index contributed by atoms with van der Waals surface area (Å²) in [5.74, 6) is 0.205. The standard InChI is InChI=1S/C37H27BrFN5O4/c1-22-17-25(23(2)43(22)27-12-14-28(15-13-27)47-21-35(45)41-32-10-6-4-8-30(32)39)20-40-44-36(42-31-9-5-3-7-29(31)37(44)46)34-19-24-18-26(38)11-16-33(24)48-34/h3-20H,21H2,1-2H3,(H,41,45). The number of para-hydroxylation sites is 2. The molecule has 3 aromatic heterocycles. The highest BCUT2D eigenvalue weighted by Crippen LogP contribution is 2.29. The molecule has 11 heteroatoms. The van der Waals surface area contributed by atoms with Gasteiger partial charge >= 0.3 is 0 Å². The van der Waals surface area contributed by atoms with Crippen LogP contribution in [-0.2, 0) is 4.79 Å². The number of halogens is 2. The molecule has 48 heavy (non-hydrogen) atoms. The number of anilines is 1. The quantitative estimate of drug-likeness (QED) is 0.162. The van der Waals surface area contributed by atoms with Crippen molar-refractivity contribution in [2.45, 2.75) is 13.8 Å². The van der Waals surface area contributed by atoms with E-state index in [-0.39, 0.29) is 23.7 Å². The molecular weight excluding hydrogens is 677 g/mol. The maximum atomic E-state index is 13.8. The van der Waals surface area contributed by atoms with Crippen molar-refractivity contribution < 1.29 is 18.3 Å². The zero-order valence-electron chi connectivity index (χ0n) is 25.8. The number of benzene rings is 4. The maximum Gasteiger partial charge on any atom is 0.282 e. The van der Waals surface area contributed by atoms with Crippen LogP contribution in [0.4, 0.5) is 10.1 Å². The molecule has 0 unspecified atom stereocenters. The lowest BCUT2D eigenvalue weighted by atomic mass is 10.2. The van der Waals surface area contributed by atoms with Gasteiger partial charge in [-0.3, -0.25) is 9.59 Å². The number of carbonyl (C=O) groups excluding carboxylic acids is 1. The third-order valence-electron chi connectivity index (χ3n) is 7.85. The number of aryl methyl sites for hydroxylation is 1. The Hall–Kier alpha value is -5.81. The molecule has 0 aliphatic carbocycles. The highest BCUT2D eigenvalue weighted by molar-refractivity contribution is 9.10. The maximum absolute atomic E-state index is 13.8. The third kappa shape index (κ3) is 6.03. The van der Waals surface area contributed by atoms with Crippen molar-refractivity contribution in [2.24, 2.45) is 5.10 Å². The van der Waals surface area contributed by atoms with E-state index in [9.17, 15) is 14.0 Å². The fourth-order valence-electron chi connectivity index (χ4n) is 5.54. The minimum absolute atomic E-state index is 0.0975. The molecule has 0 fully saturated rings. The van der Waals surface area contributed by atoms with Gasteiger partial charge in [-0.15, -0.1) is 0 Å². The molecule has 0 aliphatic heterocycles. The summed E-state index contributed by atoms with van der Waals surface area (Å²) in [7, 11) is 0. The van der Waals surface area contributed by atoms with Gasteiger partial charge in [-0.05, 0) is 92.7 Å². The molecular formula is C37H27BrFN5O4. The first kappa shape index (κ1) is 30.8. The average Bonchev–Trinajstić information content (AvgIpc) is 3.63. The molecule has 3 heterocycles. The van der Waals surface area contributed by atoms with Gasteiger partial charge in [0, 0.05) is 32.5 Å². The first-order chi connectivity index (χ1) is 23.2. The van der Waals surface area contributed by atoms with Gasteiger partial charge < -0.3 is 19.0 Å². The second-order valence-electron chi connectivity index (χ2n) is 11.1. The number of rotatable bonds is 8. The lowest BCUT2D eigenvalue weighted by Gasteiger charge is -2.12. The van der Waals surface area contributed by atoms with Crippen LogP contribution in [-0.4, -0.2) is 33.0 Å². The summed E-state index contributed by atoms with van der Waals surface area (Å²) >= 11 is 3.50. The number of carbonyl (C=O) groups is 1. The number of amides is 1. The number of nitrogens with one attached hydrogen (secondary N) is 1. The predicted molar refractivity (Wildman–Crippen MR) is 188 cm³/mol. The van der Waals surface area contributed by atoms with E-state index in [0.717, 1.165) is 32.5 Å². The molecule has 0 atom stereocenters. The summed E-state index contributed by atoms with van der Waals surface area (Å²) in [4.78, 5) is 30.8. The number of hydrogen-bond acceptors (Lipinski definition) is 6. The lowest BCUT2D eigenvalue weighted by Crippen LogP contribution is -2.20. The van der Waals surface area contributed by atoms with E-state index < -0.39 is 11.7 Å². The van der Waals surface area contributed by atoms with Crippen molar-refractivity contribution in [3.63, 3.8) is 0 Å². The van der Waals surface area contributed by atoms with Crippen LogP contribution < -0.4 is 15.6 Å². The number of furan rings is 1. The molecule has 7 rings (SSSR count). The molecule has 238 valence electrons. The fourth-order valence-corrected chi connectivity index (χ4v) is 5.92. The van der Waals surface area contributed by atoms with Gasteiger partial charge in [0.2, 0.25) is 5.82 Å². The number of hydrogen-bond donors (Lipinski definition) is 1. The molecule has 1 N–H and O–H groups in total. The van der Waals surface area contributed by atoms with E-state index in [0.29, 0.717) is 28.0 Å². The Morgan fingerprint density at radius 2 is 1.77 bits per heavy atom. The monoisotopic (exact) mass is 703 g/mol. The van der Waals surface area contributed by atoms with Crippen molar-refractivity contribution in [1.82, 2.24) is 14.2 Å². The zero-order valence-corrected chi connectivity index (χ0v) is 27.4. The van der Waals surface area contributed by atoms with Crippen LogP contribution >= 0.6 is 15.9 Å². The minimum atomic E-state index is -0.516. The highest BCUT2D eigenvalue weighted by atomic mass is 79.9. The summed E-state index contributed by atoms with van der Waals surface area (Å²) in [6, 6.07) is 29.9.